The molecule has 0 spiro atoms. The van der Waals surface area contributed by atoms with Crippen molar-refractivity contribution in [2.75, 3.05) is 32.5 Å². The first-order valence-electron chi connectivity index (χ1n) is 5.99. The predicted molar refractivity (Wildman–Crippen MR) is 77.3 cm³/mol. The molecule has 0 amide bonds. The number of anilines is 1. The minimum atomic E-state index is -3.46. The van der Waals surface area contributed by atoms with E-state index in [1.165, 1.54) is 4.31 Å². The number of nitrogens with zero attached hydrogens (tertiary/aromatic N) is 1. The average molecular weight is 349 g/mol. The van der Waals surface area contributed by atoms with Crippen LogP contribution in [0, 0.1) is 5.92 Å². The Hall–Kier alpha value is -0.630. The van der Waals surface area contributed by atoms with E-state index in [0.717, 1.165) is 6.42 Å². The van der Waals surface area contributed by atoms with E-state index in [1.54, 1.807) is 25.3 Å². The standard InChI is InChI=1S/C12H17BrN2O3S/c1-18-8-9-4-5-15(7-9)19(16,17)12-3-2-10(14)6-11(12)13/h2-3,6,9H,4-5,7-8,14H2,1H3. The van der Waals surface area contributed by atoms with Gasteiger partial charge in [0.2, 0.25) is 10.0 Å². The summed E-state index contributed by atoms with van der Waals surface area (Å²) in [6.45, 7) is 1.63. The molecule has 19 heavy (non-hydrogen) atoms. The summed E-state index contributed by atoms with van der Waals surface area (Å²) in [4.78, 5) is 0.264. The van der Waals surface area contributed by atoms with Crippen molar-refractivity contribution in [3.05, 3.63) is 22.7 Å². The van der Waals surface area contributed by atoms with Crippen LogP contribution in [0.15, 0.2) is 27.6 Å². The minimum Gasteiger partial charge on any atom is -0.399 e. The Balaban J connectivity index is 2.23. The fraction of sp³-hybridized carbons (Fsp3) is 0.500. The van der Waals surface area contributed by atoms with Crippen LogP contribution in [0.1, 0.15) is 6.42 Å². The molecule has 7 heteroatoms. The van der Waals surface area contributed by atoms with Crippen LogP contribution in [0.2, 0.25) is 0 Å². The van der Waals surface area contributed by atoms with Crippen LogP contribution < -0.4 is 5.73 Å². The lowest BCUT2D eigenvalue weighted by Crippen LogP contribution is -2.29. The molecule has 0 bridgehead atoms. The fourth-order valence-electron chi connectivity index (χ4n) is 2.25. The maximum atomic E-state index is 12.5. The normalized spacial score (nSPS) is 20.8. The molecule has 0 aliphatic carbocycles. The number of rotatable bonds is 4. The Morgan fingerprint density at radius 1 is 1.53 bits per heavy atom. The van der Waals surface area contributed by atoms with Crippen LogP contribution in [0.25, 0.3) is 0 Å². The van der Waals surface area contributed by atoms with Crippen molar-refractivity contribution in [2.45, 2.75) is 11.3 Å². The third kappa shape index (κ3) is 3.10. The van der Waals surface area contributed by atoms with Gasteiger partial charge in [0.25, 0.3) is 0 Å². The molecule has 1 fully saturated rings. The lowest BCUT2D eigenvalue weighted by atomic mass is 10.1. The molecule has 2 rings (SSSR count). The Morgan fingerprint density at radius 3 is 2.89 bits per heavy atom. The molecule has 106 valence electrons. The molecular weight excluding hydrogens is 332 g/mol. The summed E-state index contributed by atoms with van der Waals surface area (Å²) in [7, 11) is -1.83. The number of methoxy groups -OCH3 is 1. The summed E-state index contributed by atoms with van der Waals surface area (Å²) in [5, 5.41) is 0. The Morgan fingerprint density at radius 2 is 2.26 bits per heavy atom. The summed E-state index contributed by atoms with van der Waals surface area (Å²) in [5.74, 6) is 0.271. The van der Waals surface area contributed by atoms with Gasteiger partial charge in [-0.15, -0.1) is 0 Å². The van der Waals surface area contributed by atoms with Crippen molar-refractivity contribution in [1.29, 1.82) is 0 Å². The molecule has 0 aromatic heterocycles. The molecule has 0 saturated carbocycles. The zero-order valence-electron chi connectivity index (χ0n) is 10.7. The highest BCUT2D eigenvalue weighted by Gasteiger charge is 2.33. The largest absolute Gasteiger partial charge is 0.399 e. The predicted octanol–water partition coefficient (Wildman–Crippen LogP) is 1.69. The maximum absolute atomic E-state index is 12.5. The Labute approximate surface area is 121 Å². The molecule has 1 aromatic rings. The number of nitrogen functional groups attached to an aromatic ring is 1. The third-order valence-electron chi connectivity index (χ3n) is 3.22. The first kappa shape index (κ1) is 14.8. The van der Waals surface area contributed by atoms with Gasteiger partial charge in [-0.3, -0.25) is 0 Å². The average Bonchev–Trinajstić information content (AvgIpc) is 2.78. The van der Waals surface area contributed by atoms with E-state index in [4.69, 9.17) is 10.5 Å². The van der Waals surface area contributed by atoms with E-state index < -0.39 is 10.0 Å². The maximum Gasteiger partial charge on any atom is 0.244 e. The summed E-state index contributed by atoms with van der Waals surface area (Å²) < 4.78 is 32.2. The first-order valence-corrected chi connectivity index (χ1v) is 8.22. The number of benzene rings is 1. The third-order valence-corrected chi connectivity index (χ3v) is 6.07. The lowest BCUT2D eigenvalue weighted by Gasteiger charge is -2.17. The molecular formula is C12H17BrN2O3S. The molecule has 1 atom stereocenters. The van der Waals surface area contributed by atoms with Crippen LogP contribution in [-0.4, -0.2) is 39.5 Å². The van der Waals surface area contributed by atoms with Crippen molar-refractivity contribution in [3.8, 4) is 0 Å². The van der Waals surface area contributed by atoms with Crippen LogP contribution in [0.4, 0.5) is 5.69 Å². The fourth-order valence-corrected chi connectivity index (χ4v) is 4.84. The second kappa shape index (κ2) is 5.78. The van der Waals surface area contributed by atoms with E-state index in [-0.39, 0.29) is 10.8 Å². The lowest BCUT2D eigenvalue weighted by molar-refractivity contribution is 0.157. The summed E-state index contributed by atoms with van der Waals surface area (Å²) in [5.41, 5.74) is 6.16. The zero-order valence-corrected chi connectivity index (χ0v) is 13.1. The quantitative estimate of drug-likeness (QED) is 0.840. The molecule has 1 aromatic carbocycles. The van der Waals surface area contributed by atoms with E-state index in [9.17, 15) is 8.42 Å². The van der Waals surface area contributed by atoms with Gasteiger partial charge in [-0.25, -0.2) is 8.42 Å². The van der Waals surface area contributed by atoms with Crippen LogP contribution >= 0.6 is 15.9 Å². The SMILES string of the molecule is COCC1CCN(S(=O)(=O)c2ccc(N)cc2Br)C1. The van der Waals surface area contributed by atoms with Crippen molar-refractivity contribution >= 4 is 31.6 Å². The summed E-state index contributed by atoms with van der Waals surface area (Å²) in [6, 6.07) is 4.74. The second-order valence-electron chi connectivity index (χ2n) is 4.66. The number of hydrogen-bond donors (Lipinski definition) is 1. The molecule has 1 aliphatic rings. The van der Waals surface area contributed by atoms with Crippen molar-refractivity contribution in [3.63, 3.8) is 0 Å². The van der Waals surface area contributed by atoms with Gasteiger partial charge in [-0.05, 0) is 46.5 Å². The van der Waals surface area contributed by atoms with Gasteiger partial charge in [0.15, 0.2) is 0 Å². The molecule has 1 unspecified atom stereocenters. The first-order chi connectivity index (χ1) is 8.95. The highest BCUT2D eigenvalue weighted by atomic mass is 79.9. The minimum absolute atomic E-state index is 0.264. The van der Waals surface area contributed by atoms with E-state index >= 15 is 0 Å². The van der Waals surface area contributed by atoms with Crippen LogP contribution in [0.3, 0.4) is 0 Å². The monoisotopic (exact) mass is 348 g/mol. The van der Waals surface area contributed by atoms with Gasteiger partial charge in [0.1, 0.15) is 0 Å². The van der Waals surface area contributed by atoms with Crippen molar-refractivity contribution in [2.24, 2.45) is 5.92 Å². The molecule has 0 radical (unpaired) electrons. The number of halogens is 1. The van der Waals surface area contributed by atoms with Gasteiger partial charge in [-0.2, -0.15) is 4.31 Å². The number of nitrogens with two attached hydrogens (primary N) is 1. The van der Waals surface area contributed by atoms with Crippen LogP contribution in [0.5, 0.6) is 0 Å². The van der Waals surface area contributed by atoms with Gasteiger partial charge >= 0.3 is 0 Å². The summed E-state index contributed by atoms with van der Waals surface area (Å²) >= 11 is 3.27. The molecule has 5 nitrogen and oxygen atoms in total. The topological polar surface area (TPSA) is 72.6 Å². The molecule has 2 N–H and O–H groups in total. The zero-order chi connectivity index (χ0) is 14.0. The molecule has 1 heterocycles. The van der Waals surface area contributed by atoms with Gasteiger partial charge in [0, 0.05) is 30.4 Å². The summed E-state index contributed by atoms with van der Waals surface area (Å²) in [6.07, 6.45) is 0.833. The van der Waals surface area contributed by atoms with E-state index in [0.29, 0.717) is 29.9 Å². The highest BCUT2D eigenvalue weighted by molar-refractivity contribution is 9.10. The number of ether oxygens (including phenoxy) is 1. The molecule has 1 aliphatic heterocycles. The smallest absolute Gasteiger partial charge is 0.244 e. The molecule has 1 saturated heterocycles. The number of sulfonamides is 1. The Kier molecular flexibility index (Phi) is 4.50. The van der Waals surface area contributed by atoms with E-state index in [2.05, 4.69) is 15.9 Å². The van der Waals surface area contributed by atoms with Crippen molar-refractivity contribution in [1.82, 2.24) is 4.31 Å². The highest BCUT2D eigenvalue weighted by Crippen LogP contribution is 2.30. The Bertz CT molecular complexity index is 562. The van der Waals surface area contributed by atoms with Crippen LogP contribution in [-0.2, 0) is 14.8 Å². The van der Waals surface area contributed by atoms with Crippen molar-refractivity contribution < 1.29 is 13.2 Å². The van der Waals surface area contributed by atoms with Gasteiger partial charge in [-0.1, -0.05) is 0 Å². The van der Waals surface area contributed by atoms with Gasteiger partial charge < -0.3 is 10.5 Å². The van der Waals surface area contributed by atoms with E-state index in [1.807, 2.05) is 0 Å². The number of hydrogen-bond acceptors (Lipinski definition) is 4. The second-order valence-corrected chi connectivity index (χ2v) is 7.42. The van der Waals surface area contributed by atoms with Gasteiger partial charge in [0.05, 0.1) is 11.5 Å².